The molecule has 1 N–H and O–H groups in total. The van der Waals surface area contributed by atoms with Gasteiger partial charge in [-0.3, -0.25) is 4.79 Å². The van der Waals surface area contributed by atoms with Crippen molar-refractivity contribution in [3.05, 3.63) is 64.7 Å². The maximum atomic E-state index is 11.8. The van der Waals surface area contributed by atoms with Gasteiger partial charge >= 0.3 is 5.97 Å². The first-order valence-corrected chi connectivity index (χ1v) is 7.75. The van der Waals surface area contributed by atoms with Crippen LogP contribution in [0.4, 0.5) is 0 Å². The minimum Gasteiger partial charge on any atom is -0.497 e. The van der Waals surface area contributed by atoms with Crippen LogP contribution in [0.2, 0.25) is 0 Å². The van der Waals surface area contributed by atoms with E-state index < -0.39 is 0 Å². The number of esters is 1. The summed E-state index contributed by atoms with van der Waals surface area (Å²) >= 11 is 0. The van der Waals surface area contributed by atoms with Gasteiger partial charge in [-0.05, 0) is 47.2 Å². The number of fused-ring (bicyclic) bond motifs is 1. The Bertz CT molecular complexity index is 694. The normalized spacial score (nSPS) is 16.5. The summed E-state index contributed by atoms with van der Waals surface area (Å²) in [6.07, 6.45) is 1.52. The van der Waals surface area contributed by atoms with E-state index in [1.165, 1.54) is 29.4 Å². The Kier molecular flexibility index (Phi) is 4.63. The van der Waals surface area contributed by atoms with Gasteiger partial charge in [-0.25, -0.2) is 0 Å². The standard InChI is InChI=1S/C19H21NO3/c1-22-16-8-6-13(7-9-16)10-14-4-3-5-15-12-20-18(11-17(14)15)19(21)23-2/h3-9,18,20H,10-12H2,1-2H3. The van der Waals surface area contributed by atoms with Gasteiger partial charge in [-0.2, -0.15) is 0 Å². The highest BCUT2D eigenvalue weighted by atomic mass is 16.5. The van der Waals surface area contributed by atoms with Crippen LogP contribution in [0, 0.1) is 0 Å². The van der Waals surface area contributed by atoms with Gasteiger partial charge in [0.2, 0.25) is 0 Å². The zero-order chi connectivity index (χ0) is 16.2. The van der Waals surface area contributed by atoms with Crippen LogP contribution in [0.3, 0.4) is 0 Å². The molecule has 0 radical (unpaired) electrons. The number of rotatable bonds is 4. The summed E-state index contributed by atoms with van der Waals surface area (Å²) in [6.45, 7) is 0.700. The summed E-state index contributed by atoms with van der Waals surface area (Å²) in [6, 6.07) is 14.2. The molecule has 0 spiro atoms. The average Bonchev–Trinajstić information content (AvgIpc) is 2.61. The van der Waals surface area contributed by atoms with Gasteiger partial charge in [0, 0.05) is 6.54 Å². The molecule has 0 fully saturated rings. The van der Waals surface area contributed by atoms with Crippen molar-refractivity contribution < 1.29 is 14.3 Å². The molecular weight excluding hydrogens is 290 g/mol. The molecule has 2 aromatic carbocycles. The van der Waals surface area contributed by atoms with E-state index in [1.807, 2.05) is 12.1 Å². The number of ether oxygens (including phenoxy) is 2. The van der Waals surface area contributed by atoms with E-state index in [9.17, 15) is 4.79 Å². The third-order valence-electron chi connectivity index (χ3n) is 4.36. The second-order valence-corrected chi connectivity index (χ2v) is 5.74. The fraction of sp³-hybridized carbons (Fsp3) is 0.316. The van der Waals surface area contributed by atoms with Crippen molar-refractivity contribution in [3.63, 3.8) is 0 Å². The molecule has 0 saturated carbocycles. The maximum Gasteiger partial charge on any atom is 0.323 e. The molecule has 2 aromatic rings. The second-order valence-electron chi connectivity index (χ2n) is 5.74. The lowest BCUT2D eigenvalue weighted by atomic mass is 9.89. The number of benzene rings is 2. The molecule has 0 bridgehead atoms. The van der Waals surface area contributed by atoms with Gasteiger partial charge in [-0.15, -0.1) is 0 Å². The molecule has 0 aliphatic carbocycles. The number of methoxy groups -OCH3 is 2. The van der Waals surface area contributed by atoms with E-state index in [0.29, 0.717) is 13.0 Å². The summed E-state index contributed by atoms with van der Waals surface area (Å²) in [5, 5.41) is 3.24. The van der Waals surface area contributed by atoms with Gasteiger partial charge in [-0.1, -0.05) is 30.3 Å². The van der Waals surface area contributed by atoms with Gasteiger partial charge in [0.1, 0.15) is 11.8 Å². The molecule has 0 aromatic heterocycles. The molecule has 1 aliphatic rings. The molecule has 1 atom stereocenters. The first kappa shape index (κ1) is 15.6. The monoisotopic (exact) mass is 311 g/mol. The van der Waals surface area contributed by atoms with Crippen LogP contribution in [0.15, 0.2) is 42.5 Å². The van der Waals surface area contributed by atoms with Gasteiger partial charge in [0.05, 0.1) is 14.2 Å². The van der Waals surface area contributed by atoms with Gasteiger partial charge < -0.3 is 14.8 Å². The van der Waals surface area contributed by atoms with Crippen LogP contribution in [0.25, 0.3) is 0 Å². The zero-order valence-corrected chi connectivity index (χ0v) is 13.5. The Balaban J connectivity index is 1.84. The Hall–Kier alpha value is -2.33. The number of nitrogens with one attached hydrogen (secondary N) is 1. The molecule has 1 heterocycles. The molecule has 4 nitrogen and oxygen atoms in total. The zero-order valence-electron chi connectivity index (χ0n) is 13.5. The van der Waals surface area contributed by atoms with Gasteiger partial charge in [0.15, 0.2) is 0 Å². The fourth-order valence-corrected chi connectivity index (χ4v) is 3.06. The molecular formula is C19H21NO3. The summed E-state index contributed by atoms with van der Waals surface area (Å²) in [5.74, 6) is 0.661. The number of carbonyl (C=O) groups excluding carboxylic acids is 1. The highest BCUT2D eigenvalue weighted by Gasteiger charge is 2.26. The average molecular weight is 311 g/mol. The van der Waals surface area contributed by atoms with Crippen molar-refractivity contribution in [2.45, 2.75) is 25.4 Å². The second kappa shape index (κ2) is 6.84. The van der Waals surface area contributed by atoms with Crippen LogP contribution >= 0.6 is 0 Å². The lowest BCUT2D eigenvalue weighted by Crippen LogP contribution is -2.42. The first-order chi connectivity index (χ1) is 11.2. The van der Waals surface area contributed by atoms with E-state index in [0.717, 1.165) is 12.2 Å². The molecule has 120 valence electrons. The topological polar surface area (TPSA) is 47.6 Å². The van der Waals surface area contributed by atoms with Crippen molar-refractivity contribution >= 4 is 5.97 Å². The molecule has 4 heteroatoms. The van der Waals surface area contributed by atoms with E-state index in [1.54, 1.807) is 7.11 Å². The minimum atomic E-state index is -0.260. The van der Waals surface area contributed by atoms with Crippen LogP contribution in [-0.4, -0.2) is 26.2 Å². The Labute approximate surface area is 136 Å². The largest absolute Gasteiger partial charge is 0.497 e. The van der Waals surface area contributed by atoms with Crippen LogP contribution in [0.1, 0.15) is 22.3 Å². The van der Waals surface area contributed by atoms with Crippen molar-refractivity contribution in [1.82, 2.24) is 5.32 Å². The predicted octanol–water partition coefficient (Wildman–Crippen LogP) is 2.47. The summed E-state index contributed by atoms with van der Waals surface area (Å²) in [4.78, 5) is 11.8. The Morgan fingerprint density at radius 3 is 2.65 bits per heavy atom. The van der Waals surface area contributed by atoms with E-state index in [-0.39, 0.29) is 12.0 Å². The van der Waals surface area contributed by atoms with E-state index in [2.05, 4.69) is 35.6 Å². The van der Waals surface area contributed by atoms with Crippen molar-refractivity contribution in [2.24, 2.45) is 0 Å². The Morgan fingerprint density at radius 1 is 1.17 bits per heavy atom. The van der Waals surface area contributed by atoms with E-state index in [4.69, 9.17) is 9.47 Å². The smallest absolute Gasteiger partial charge is 0.323 e. The number of carbonyl (C=O) groups is 1. The summed E-state index contributed by atoms with van der Waals surface area (Å²) < 4.78 is 10.1. The highest BCUT2D eigenvalue weighted by molar-refractivity contribution is 5.76. The van der Waals surface area contributed by atoms with Crippen molar-refractivity contribution in [3.8, 4) is 5.75 Å². The highest BCUT2D eigenvalue weighted by Crippen LogP contribution is 2.24. The molecule has 0 saturated heterocycles. The van der Waals surface area contributed by atoms with E-state index >= 15 is 0 Å². The quantitative estimate of drug-likeness (QED) is 0.881. The lowest BCUT2D eigenvalue weighted by Gasteiger charge is -2.26. The number of hydrogen-bond donors (Lipinski definition) is 1. The molecule has 1 aliphatic heterocycles. The molecule has 0 amide bonds. The van der Waals surface area contributed by atoms with Crippen LogP contribution in [0.5, 0.6) is 5.75 Å². The maximum absolute atomic E-state index is 11.8. The first-order valence-electron chi connectivity index (χ1n) is 7.75. The minimum absolute atomic E-state index is 0.199. The van der Waals surface area contributed by atoms with Crippen molar-refractivity contribution in [2.75, 3.05) is 14.2 Å². The third kappa shape index (κ3) is 3.37. The van der Waals surface area contributed by atoms with Crippen LogP contribution < -0.4 is 10.1 Å². The number of hydrogen-bond acceptors (Lipinski definition) is 4. The van der Waals surface area contributed by atoms with Crippen LogP contribution in [-0.2, 0) is 28.9 Å². The fourth-order valence-electron chi connectivity index (χ4n) is 3.06. The summed E-state index contributed by atoms with van der Waals surface area (Å²) in [5.41, 5.74) is 5.02. The lowest BCUT2D eigenvalue weighted by molar-refractivity contribution is -0.143. The third-order valence-corrected chi connectivity index (χ3v) is 4.36. The SMILES string of the molecule is COC(=O)C1Cc2c(cccc2Cc2ccc(OC)cc2)CN1. The summed E-state index contributed by atoms with van der Waals surface area (Å²) in [7, 11) is 3.10. The van der Waals surface area contributed by atoms with Crippen molar-refractivity contribution in [1.29, 1.82) is 0 Å². The van der Waals surface area contributed by atoms with Gasteiger partial charge in [0.25, 0.3) is 0 Å². The molecule has 1 unspecified atom stereocenters. The Morgan fingerprint density at radius 2 is 1.96 bits per heavy atom. The predicted molar refractivity (Wildman–Crippen MR) is 88.6 cm³/mol. The molecule has 23 heavy (non-hydrogen) atoms. The molecule has 3 rings (SSSR count).